The Balaban J connectivity index is 2.18. The van der Waals surface area contributed by atoms with Crippen molar-refractivity contribution < 1.29 is 45.8 Å². The number of carbonyl (C=O) groups excluding carboxylic acids is 3. The van der Waals surface area contributed by atoms with Crippen LogP contribution in [-0.4, -0.2) is 64.2 Å². The van der Waals surface area contributed by atoms with Crippen LogP contribution in [0.15, 0.2) is 12.1 Å². The van der Waals surface area contributed by atoms with Crippen LogP contribution in [0.25, 0.3) is 10.4 Å². The van der Waals surface area contributed by atoms with E-state index in [1.165, 1.54) is 18.7 Å². The van der Waals surface area contributed by atoms with Gasteiger partial charge in [0.15, 0.2) is 5.01 Å². The lowest BCUT2D eigenvalue weighted by Gasteiger charge is -2.34. The lowest BCUT2D eigenvalue weighted by molar-refractivity contribution is -0.376. The monoisotopic (exact) mass is 642 g/mol. The fraction of sp³-hybridized carbons (Fsp3) is 0.538. The number of aliphatic hydroxyl groups is 1. The lowest BCUT2D eigenvalue weighted by Crippen LogP contribution is -2.54. The van der Waals surface area contributed by atoms with Crippen LogP contribution in [0.3, 0.4) is 0 Å². The first-order valence-corrected chi connectivity index (χ1v) is 13.9. The zero-order chi connectivity index (χ0) is 32.0. The summed E-state index contributed by atoms with van der Waals surface area (Å²) >= 11 is 6.97. The number of piperidine rings is 1. The van der Waals surface area contributed by atoms with Crippen molar-refractivity contribution in [3.8, 4) is 10.4 Å². The summed E-state index contributed by atoms with van der Waals surface area (Å²) in [6.07, 6.45) is -10.0. The van der Waals surface area contributed by atoms with Crippen molar-refractivity contribution >= 4 is 40.7 Å². The van der Waals surface area contributed by atoms with Crippen molar-refractivity contribution in [2.45, 2.75) is 71.0 Å². The van der Waals surface area contributed by atoms with E-state index >= 15 is 0 Å². The van der Waals surface area contributed by atoms with Crippen LogP contribution < -0.4 is 11.1 Å². The summed E-state index contributed by atoms with van der Waals surface area (Å²) in [6, 6.07) is 1.04. The molecule has 0 saturated carbocycles. The number of hydrogen-bond donors (Lipinski definition) is 3. The van der Waals surface area contributed by atoms with Gasteiger partial charge in [-0.25, -0.2) is 4.98 Å². The lowest BCUT2D eigenvalue weighted by atomic mass is 9.87. The van der Waals surface area contributed by atoms with Crippen LogP contribution in [0, 0.1) is 12.3 Å². The summed E-state index contributed by atoms with van der Waals surface area (Å²) in [5, 5.41) is 11.6. The number of aromatic nitrogens is 1. The number of carbonyl (C=O) groups is 3. The molecule has 1 saturated heterocycles. The van der Waals surface area contributed by atoms with Crippen LogP contribution in [-0.2, 0) is 10.4 Å². The predicted molar refractivity (Wildman–Crippen MR) is 143 cm³/mol. The molecule has 1 atom stereocenters. The summed E-state index contributed by atoms with van der Waals surface area (Å²) in [4.78, 5) is 43.9. The maximum atomic E-state index is 13.6. The van der Waals surface area contributed by atoms with Crippen molar-refractivity contribution in [3.63, 3.8) is 0 Å². The standard InChI is InChI=1S/C26H29ClF6N4O4S/c1-12-7-5-6-10-37(12)21(39)17-18(42-20(36-17)19(38)35-11-23(3,4)22(34)40)14-8-9-15(13(2)16(14)27)24(41,25(28,29)30)26(31,32)33/h8-9,12,41H,5-7,10-11H2,1-4H3,(H2,34,40)(H,35,38)/t12-/m0/s1. The number of halogens is 7. The number of alkyl halides is 6. The Labute approximate surface area is 246 Å². The molecule has 3 rings (SSSR count). The number of primary amides is 1. The quantitative estimate of drug-likeness (QED) is 0.352. The average Bonchev–Trinajstić information content (AvgIpc) is 3.32. The Hall–Kier alpha value is -2.91. The highest BCUT2D eigenvalue weighted by molar-refractivity contribution is 7.17. The number of thiazole rings is 1. The zero-order valence-electron chi connectivity index (χ0n) is 23.0. The third kappa shape index (κ3) is 6.09. The minimum Gasteiger partial charge on any atom is -0.369 e. The molecule has 1 fully saturated rings. The van der Waals surface area contributed by atoms with Crippen LogP contribution >= 0.6 is 22.9 Å². The van der Waals surface area contributed by atoms with Gasteiger partial charge >= 0.3 is 12.4 Å². The number of hydrogen-bond acceptors (Lipinski definition) is 6. The van der Waals surface area contributed by atoms with E-state index < -0.39 is 57.2 Å². The molecule has 2 heterocycles. The van der Waals surface area contributed by atoms with Crippen molar-refractivity contribution in [1.29, 1.82) is 0 Å². The van der Waals surface area contributed by atoms with E-state index in [-0.39, 0.29) is 33.7 Å². The molecular weight excluding hydrogens is 614 g/mol. The van der Waals surface area contributed by atoms with E-state index in [1.54, 1.807) is 0 Å². The predicted octanol–water partition coefficient (Wildman–Crippen LogP) is 5.34. The molecule has 4 N–H and O–H groups in total. The molecule has 1 aliphatic heterocycles. The molecule has 1 aromatic heterocycles. The van der Waals surface area contributed by atoms with Crippen molar-refractivity contribution in [2.24, 2.45) is 11.1 Å². The first-order chi connectivity index (χ1) is 19.1. The van der Waals surface area contributed by atoms with Gasteiger partial charge in [-0.1, -0.05) is 23.7 Å². The van der Waals surface area contributed by atoms with E-state index in [4.69, 9.17) is 17.3 Å². The van der Waals surface area contributed by atoms with Gasteiger partial charge in [-0.2, -0.15) is 26.3 Å². The Kier molecular flexibility index (Phi) is 9.31. The van der Waals surface area contributed by atoms with E-state index in [1.807, 2.05) is 6.92 Å². The summed E-state index contributed by atoms with van der Waals surface area (Å²) in [6.45, 7) is 5.83. The van der Waals surface area contributed by atoms with Gasteiger partial charge in [0, 0.05) is 30.3 Å². The van der Waals surface area contributed by atoms with Crippen molar-refractivity contribution in [1.82, 2.24) is 15.2 Å². The number of benzene rings is 1. The Morgan fingerprint density at radius 1 is 1.14 bits per heavy atom. The molecule has 2 aromatic rings. The molecule has 1 aromatic carbocycles. The topological polar surface area (TPSA) is 126 Å². The Morgan fingerprint density at radius 2 is 1.74 bits per heavy atom. The maximum Gasteiger partial charge on any atom is 0.430 e. The number of rotatable bonds is 7. The second-order valence-corrected chi connectivity index (χ2v) is 12.2. The van der Waals surface area contributed by atoms with E-state index in [9.17, 15) is 45.8 Å². The van der Waals surface area contributed by atoms with Gasteiger partial charge in [-0.3, -0.25) is 14.4 Å². The van der Waals surface area contributed by atoms with Gasteiger partial charge in [0.1, 0.15) is 5.69 Å². The molecule has 0 bridgehead atoms. The molecule has 3 amide bonds. The molecule has 42 heavy (non-hydrogen) atoms. The highest BCUT2D eigenvalue weighted by Gasteiger charge is 2.72. The van der Waals surface area contributed by atoms with Gasteiger partial charge in [-0.05, 0) is 52.5 Å². The van der Waals surface area contributed by atoms with Gasteiger partial charge in [0.25, 0.3) is 17.4 Å². The maximum absolute atomic E-state index is 13.6. The summed E-state index contributed by atoms with van der Waals surface area (Å²) in [7, 11) is 0. The first kappa shape index (κ1) is 33.6. The number of likely N-dealkylation sites (tertiary alicyclic amines) is 1. The third-order valence-corrected chi connectivity index (χ3v) is 8.86. The molecule has 232 valence electrons. The van der Waals surface area contributed by atoms with Crippen molar-refractivity contribution in [2.75, 3.05) is 13.1 Å². The summed E-state index contributed by atoms with van der Waals surface area (Å²) < 4.78 is 81.5. The highest BCUT2D eigenvalue weighted by atomic mass is 35.5. The zero-order valence-corrected chi connectivity index (χ0v) is 24.5. The number of nitrogens with two attached hydrogens (primary N) is 1. The summed E-state index contributed by atoms with van der Waals surface area (Å²) in [5.74, 6) is -2.10. The molecule has 8 nitrogen and oxygen atoms in total. The van der Waals surface area contributed by atoms with Crippen LogP contribution in [0.5, 0.6) is 0 Å². The minimum absolute atomic E-state index is 0.0701. The molecule has 0 radical (unpaired) electrons. The number of nitrogens with one attached hydrogen (secondary N) is 1. The summed E-state index contributed by atoms with van der Waals surface area (Å²) in [5.41, 5.74) is -3.73. The number of amides is 3. The van der Waals surface area contributed by atoms with E-state index in [0.29, 0.717) is 36.8 Å². The first-order valence-electron chi connectivity index (χ1n) is 12.7. The fourth-order valence-electron chi connectivity index (χ4n) is 4.46. The molecule has 0 spiro atoms. The van der Waals surface area contributed by atoms with E-state index in [0.717, 1.165) is 19.4 Å². The SMILES string of the molecule is Cc1c(C(O)(C(F)(F)F)C(F)(F)F)ccc(-c2sc(C(=O)NCC(C)(C)C(N)=O)nc2C(=O)N2CCCC[C@@H]2C)c1Cl. The second kappa shape index (κ2) is 11.6. The number of nitrogens with zero attached hydrogens (tertiary/aromatic N) is 2. The van der Waals surface area contributed by atoms with Crippen molar-refractivity contribution in [3.05, 3.63) is 39.0 Å². The van der Waals surface area contributed by atoms with E-state index in [2.05, 4.69) is 10.3 Å². The van der Waals surface area contributed by atoms with Gasteiger partial charge in [0.2, 0.25) is 5.91 Å². The van der Waals surface area contributed by atoms with Crippen LogP contribution in [0.4, 0.5) is 26.3 Å². The fourth-order valence-corrected chi connectivity index (χ4v) is 5.78. The highest BCUT2D eigenvalue weighted by Crippen LogP contribution is 2.52. The Morgan fingerprint density at radius 3 is 2.26 bits per heavy atom. The molecule has 16 heteroatoms. The largest absolute Gasteiger partial charge is 0.430 e. The van der Waals surface area contributed by atoms with Gasteiger partial charge in [-0.15, -0.1) is 11.3 Å². The Bertz CT molecular complexity index is 1380. The molecule has 0 aliphatic carbocycles. The second-order valence-electron chi connectivity index (χ2n) is 10.8. The van der Waals surface area contributed by atoms with Crippen LogP contribution in [0.2, 0.25) is 5.02 Å². The molecule has 1 aliphatic rings. The molecule has 0 unspecified atom stereocenters. The normalized spacial score (nSPS) is 16.9. The van der Waals surface area contributed by atoms with Gasteiger partial charge in [0.05, 0.1) is 15.3 Å². The molecular formula is C26H29ClF6N4O4S. The average molecular weight is 643 g/mol. The third-order valence-electron chi connectivity index (χ3n) is 7.29. The van der Waals surface area contributed by atoms with Crippen LogP contribution in [0.1, 0.15) is 71.5 Å². The minimum atomic E-state index is -6.14. The van der Waals surface area contributed by atoms with Gasteiger partial charge < -0.3 is 21.1 Å². The smallest absolute Gasteiger partial charge is 0.369 e.